The van der Waals surface area contributed by atoms with Gasteiger partial charge in [-0.1, -0.05) is 60.3 Å². The van der Waals surface area contributed by atoms with Crippen LogP contribution in [0.3, 0.4) is 0 Å². The van der Waals surface area contributed by atoms with Crippen molar-refractivity contribution in [1.29, 1.82) is 5.41 Å². The Balaban J connectivity index is 1.58. The minimum atomic E-state index is -0.953. The molecule has 0 bridgehead atoms. The molecular weight excluding hydrogens is 413 g/mol. The predicted molar refractivity (Wildman–Crippen MR) is 123 cm³/mol. The van der Waals surface area contributed by atoms with Crippen LogP contribution in [0.5, 0.6) is 0 Å². The first-order valence-electron chi connectivity index (χ1n) is 9.57. The van der Waals surface area contributed by atoms with E-state index in [2.05, 4.69) is 15.6 Å². The van der Waals surface area contributed by atoms with E-state index < -0.39 is 11.7 Å². The average molecular weight is 434 g/mol. The van der Waals surface area contributed by atoms with Crippen molar-refractivity contribution in [2.45, 2.75) is 11.7 Å². The van der Waals surface area contributed by atoms with Gasteiger partial charge in [-0.2, -0.15) is 0 Å². The Hall–Kier alpha value is -3.33. The first-order valence-corrected chi connectivity index (χ1v) is 10.5. The maximum Gasteiger partial charge on any atom is 0.264 e. The lowest BCUT2D eigenvalue weighted by molar-refractivity contribution is -0.118. The molecular formula is C23H20FN5OS. The van der Waals surface area contributed by atoms with E-state index in [0.717, 1.165) is 22.9 Å². The summed E-state index contributed by atoms with van der Waals surface area (Å²) >= 11 is 1.02. The topological polar surface area (TPSA) is 103 Å². The number of fused-ring (bicyclic) bond motifs is 1. The van der Waals surface area contributed by atoms with Crippen molar-refractivity contribution in [2.24, 2.45) is 10.7 Å². The fourth-order valence-electron chi connectivity index (χ4n) is 3.18. The van der Waals surface area contributed by atoms with Crippen LogP contribution in [0.4, 0.5) is 10.1 Å². The zero-order chi connectivity index (χ0) is 21.8. The van der Waals surface area contributed by atoms with Crippen molar-refractivity contribution in [3.63, 3.8) is 0 Å². The van der Waals surface area contributed by atoms with Gasteiger partial charge < -0.3 is 11.1 Å². The Kier molecular flexibility index (Phi) is 6.22. The molecule has 8 heteroatoms. The fourth-order valence-corrected chi connectivity index (χ4v) is 3.90. The zero-order valence-corrected chi connectivity index (χ0v) is 17.2. The van der Waals surface area contributed by atoms with Crippen LogP contribution in [0, 0.1) is 11.2 Å². The molecule has 1 aliphatic rings. The molecule has 3 aromatic carbocycles. The minimum absolute atomic E-state index is 0.157. The Morgan fingerprint density at radius 3 is 2.48 bits per heavy atom. The molecule has 2 atom stereocenters. The molecule has 4 rings (SSSR count). The van der Waals surface area contributed by atoms with Crippen molar-refractivity contribution in [3.05, 3.63) is 101 Å². The zero-order valence-electron chi connectivity index (χ0n) is 16.4. The van der Waals surface area contributed by atoms with Gasteiger partial charge in [-0.3, -0.25) is 20.5 Å². The Morgan fingerprint density at radius 2 is 1.74 bits per heavy atom. The molecule has 0 saturated carbocycles. The number of hydrogen-bond donors (Lipinski definition) is 4. The second-order valence-electron chi connectivity index (χ2n) is 6.82. The summed E-state index contributed by atoms with van der Waals surface area (Å²) in [7, 11) is 0. The Bertz CT molecular complexity index is 1130. The van der Waals surface area contributed by atoms with E-state index in [4.69, 9.17) is 11.1 Å². The number of nitrogens with one attached hydrogen (secondary N) is 3. The van der Waals surface area contributed by atoms with Crippen molar-refractivity contribution >= 4 is 34.1 Å². The number of benzene rings is 3. The molecule has 0 aliphatic carbocycles. The first-order chi connectivity index (χ1) is 15.0. The van der Waals surface area contributed by atoms with Gasteiger partial charge in [0, 0.05) is 16.7 Å². The maximum atomic E-state index is 13.1. The van der Waals surface area contributed by atoms with Crippen molar-refractivity contribution in [3.8, 4) is 0 Å². The molecule has 156 valence electrons. The smallest absolute Gasteiger partial charge is 0.264 e. The van der Waals surface area contributed by atoms with Crippen LogP contribution in [-0.2, 0) is 4.79 Å². The lowest BCUT2D eigenvalue weighted by atomic mass is 10.0. The molecule has 1 heterocycles. The molecule has 3 aromatic rings. The van der Waals surface area contributed by atoms with Crippen LogP contribution >= 0.6 is 11.8 Å². The van der Waals surface area contributed by atoms with E-state index in [-0.39, 0.29) is 16.8 Å². The summed E-state index contributed by atoms with van der Waals surface area (Å²) in [6.45, 7) is 0. The number of amides is 1. The number of thioether (sulfide) groups is 1. The van der Waals surface area contributed by atoms with Crippen LogP contribution in [0.2, 0.25) is 0 Å². The van der Waals surface area contributed by atoms with Gasteiger partial charge in [0.25, 0.3) is 5.91 Å². The highest BCUT2D eigenvalue weighted by Crippen LogP contribution is 2.24. The maximum absolute atomic E-state index is 13.1. The van der Waals surface area contributed by atoms with E-state index >= 15 is 0 Å². The molecule has 1 aliphatic heterocycles. The highest BCUT2D eigenvalue weighted by molar-refractivity contribution is 8.14. The van der Waals surface area contributed by atoms with Gasteiger partial charge in [0.15, 0.2) is 6.17 Å². The number of carbonyl (C=O) groups excluding carboxylic acids is 1. The van der Waals surface area contributed by atoms with Gasteiger partial charge in [0.05, 0.1) is 16.4 Å². The van der Waals surface area contributed by atoms with E-state index in [9.17, 15) is 9.18 Å². The highest BCUT2D eigenvalue weighted by Gasteiger charge is 2.27. The summed E-state index contributed by atoms with van der Waals surface area (Å²) in [5.41, 5.74) is 8.93. The number of benzodiazepines with no additional fused rings is 1. The number of nitrogens with two attached hydrogens (primary N) is 1. The third-order valence-corrected chi connectivity index (χ3v) is 5.53. The SMILES string of the molecule is N=C(SC(N)NC1N=C(c2ccccc2)c2ccccc2NC1=O)c1ccc(F)cc1. The number of aliphatic imine (C=N–C) groups is 1. The number of nitrogens with zero attached hydrogens (tertiary/aromatic N) is 1. The predicted octanol–water partition coefficient (Wildman–Crippen LogP) is 3.53. The Labute approximate surface area is 183 Å². The summed E-state index contributed by atoms with van der Waals surface area (Å²) < 4.78 is 13.1. The van der Waals surface area contributed by atoms with E-state index in [1.165, 1.54) is 24.3 Å². The molecule has 1 amide bonds. The number of hydrogen-bond acceptors (Lipinski definition) is 6. The van der Waals surface area contributed by atoms with Crippen molar-refractivity contribution in [2.75, 3.05) is 5.32 Å². The molecule has 5 N–H and O–H groups in total. The Morgan fingerprint density at radius 1 is 1.06 bits per heavy atom. The monoisotopic (exact) mass is 433 g/mol. The van der Waals surface area contributed by atoms with Crippen LogP contribution in [-0.4, -0.2) is 28.3 Å². The van der Waals surface area contributed by atoms with Crippen LogP contribution in [0.15, 0.2) is 83.9 Å². The first kappa shape index (κ1) is 20.9. The van der Waals surface area contributed by atoms with E-state index in [0.29, 0.717) is 17.0 Å². The van der Waals surface area contributed by atoms with Gasteiger partial charge in [0.2, 0.25) is 0 Å². The second kappa shape index (κ2) is 9.22. The summed E-state index contributed by atoms with van der Waals surface area (Å²) in [4.78, 5) is 17.5. The molecule has 0 aromatic heterocycles. The molecule has 6 nitrogen and oxygen atoms in total. The van der Waals surface area contributed by atoms with Crippen LogP contribution < -0.4 is 16.4 Å². The van der Waals surface area contributed by atoms with Crippen LogP contribution in [0.1, 0.15) is 16.7 Å². The van der Waals surface area contributed by atoms with Gasteiger partial charge in [0.1, 0.15) is 11.3 Å². The molecule has 0 radical (unpaired) electrons. The van der Waals surface area contributed by atoms with E-state index in [1.807, 2.05) is 54.6 Å². The number of halogens is 1. The normalized spacial score (nSPS) is 16.5. The largest absolute Gasteiger partial charge is 0.322 e. The summed E-state index contributed by atoms with van der Waals surface area (Å²) in [6.07, 6.45) is -0.953. The molecule has 2 unspecified atom stereocenters. The number of carbonyl (C=O) groups is 1. The third-order valence-electron chi connectivity index (χ3n) is 4.67. The van der Waals surface area contributed by atoms with Crippen LogP contribution in [0.25, 0.3) is 0 Å². The van der Waals surface area contributed by atoms with Crippen molar-refractivity contribution < 1.29 is 9.18 Å². The van der Waals surface area contributed by atoms with Gasteiger partial charge in [-0.15, -0.1) is 0 Å². The number of anilines is 1. The second-order valence-corrected chi connectivity index (χ2v) is 7.97. The summed E-state index contributed by atoms with van der Waals surface area (Å²) in [5.74, 6) is -0.718. The third kappa shape index (κ3) is 4.88. The van der Waals surface area contributed by atoms with E-state index in [1.54, 1.807) is 0 Å². The fraction of sp³-hybridized carbons (Fsp3) is 0.0870. The lowest BCUT2D eigenvalue weighted by Gasteiger charge is -2.19. The molecule has 0 saturated heterocycles. The van der Waals surface area contributed by atoms with Gasteiger partial charge in [-0.25, -0.2) is 4.39 Å². The average Bonchev–Trinajstić information content (AvgIpc) is 2.91. The molecule has 31 heavy (non-hydrogen) atoms. The highest BCUT2D eigenvalue weighted by atomic mass is 32.2. The standard InChI is InChI=1S/C23H20FN5OS/c24-16-12-10-15(11-13-16)20(25)31-23(26)29-21-22(30)27-18-9-5-4-8-17(18)19(28-21)14-6-2-1-3-7-14/h1-13,21,23,25,29H,26H2,(H,27,30). The number of para-hydroxylation sites is 1. The summed E-state index contributed by atoms with van der Waals surface area (Å²) in [6, 6.07) is 22.7. The van der Waals surface area contributed by atoms with Crippen molar-refractivity contribution in [1.82, 2.24) is 5.32 Å². The van der Waals surface area contributed by atoms with Gasteiger partial charge >= 0.3 is 0 Å². The number of rotatable bonds is 5. The molecule has 0 fully saturated rings. The van der Waals surface area contributed by atoms with Gasteiger partial charge in [-0.05, 0) is 30.3 Å². The summed E-state index contributed by atoms with van der Waals surface area (Å²) in [5, 5.41) is 14.2. The minimum Gasteiger partial charge on any atom is -0.322 e. The molecule has 0 spiro atoms. The lowest BCUT2D eigenvalue weighted by Crippen LogP contribution is -2.47. The quantitative estimate of drug-likeness (QED) is 0.281.